The van der Waals surface area contributed by atoms with E-state index in [1.165, 1.54) is 0 Å². The number of nitrogens with one attached hydrogen (secondary N) is 2. The molecule has 2 unspecified atom stereocenters. The second-order valence-corrected chi connectivity index (χ2v) is 12.6. The standard InChI is InChI=1S/C35H36N4O3S/c1-35(2,36)22-32(40)38-29-21-31(43-25-15-7-4-8-16-25)28-19-11-12-20-30(28)39(34(29)42)23-37-33(41)27-18-10-9-17-26(27)24-13-5-3-6-14-24/h3-20,29,31H,21-23,36H2,1-2H3,(H,37,41)(H,38,40). The number of benzene rings is 4. The van der Waals surface area contributed by atoms with Crippen LogP contribution in [-0.2, 0) is 9.59 Å². The molecule has 0 saturated carbocycles. The molecule has 5 rings (SSSR count). The molecule has 43 heavy (non-hydrogen) atoms. The second-order valence-electron chi connectivity index (χ2n) is 11.3. The Kier molecular flexibility index (Phi) is 9.28. The van der Waals surface area contributed by atoms with Crippen molar-refractivity contribution >= 4 is 35.2 Å². The number of hydrogen-bond acceptors (Lipinski definition) is 5. The number of carbonyl (C=O) groups excluding carboxylic acids is 3. The quantitative estimate of drug-likeness (QED) is 0.224. The molecular formula is C35H36N4O3S. The van der Waals surface area contributed by atoms with Crippen molar-refractivity contribution in [3.63, 3.8) is 0 Å². The summed E-state index contributed by atoms with van der Waals surface area (Å²) >= 11 is 1.65. The summed E-state index contributed by atoms with van der Waals surface area (Å²) in [6, 6.07) is 34.0. The van der Waals surface area contributed by atoms with Gasteiger partial charge < -0.3 is 16.4 Å². The number of para-hydroxylation sites is 1. The number of amides is 3. The smallest absolute Gasteiger partial charge is 0.253 e. The highest BCUT2D eigenvalue weighted by Crippen LogP contribution is 2.44. The van der Waals surface area contributed by atoms with Crippen molar-refractivity contribution in [1.29, 1.82) is 0 Å². The van der Waals surface area contributed by atoms with Crippen LogP contribution in [0.2, 0.25) is 0 Å². The van der Waals surface area contributed by atoms with Crippen LogP contribution in [0.1, 0.15) is 47.9 Å². The highest BCUT2D eigenvalue weighted by atomic mass is 32.2. The lowest BCUT2D eigenvalue weighted by molar-refractivity contribution is -0.128. The van der Waals surface area contributed by atoms with E-state index in [4.69, 9.17) is 5.73 Å². The molecular weight excluding hydrogens is 556 g/mol. The van der Waals surface area contributed by atoms with Crippen molar-refractivity contribution in [2.75, 3.05) is 11.6 Å². The summed E-state index contributed by atoms with van der Waals surface area (Å²) in [4.78, 5) is 43.4. The Hall–Kier alpha value is -4.40. The minimum absolute atomic E-state index is 0.0602. The van der Waals surface area contributed by atoms with Gasteiger partial charge in [0.25, 0.3) is 11.8 Å². The van der Waals surface area contributed by atoms with Gasteiger partial charge >= 0.3 is 0 Å². The summed E-state index contributed by atoms with van der Waals surface area (Å²) in [5.41, 5.74) is 9.29. The first-order valence-corrected chi connectivity index (χ1v) is 15.2. The number of nitrogens with zero attached hydrogens (tertiary/aromatic N) is 1. The van der Waals surface area contributed by atoms with Gasteiger partial charge in [-0.05, 0) is 61.2 Å². The molecule has 4 N–H and O–H groups in total. The fourth-order valence-electron chi connectivity index (χ4n) is 5.27. The number of fused-ring (bicyclic) bond motifs is 1. The molecule has 8 heteroatoms. The van der Waals surface area contributed by atoms with E-state index in [1.54, 1.807) is 36.6 Å². The maximum atomic E-state index is 14.2. The lowest BCUT2D eigenvalue weighted by atomic mass is 9.99. The number of anilines is 1. The Bertz CT molecular complexity index is 1590. The molecule has 0 radical (unpaired) electrons. The van der Waals surface area contributed by atoms with Gasteiger partial charge in [0.2, 0.25) is 5.91 Å². The molecule has 7 nitrogen and oxygen atoms in total. The predicted molar refractivity (Wildman–Crippen MR) is 173 cm³/mol. The molecule has 0 saturated heterocycles. The normalized spacial score (nSPS) is 16.6. The first-order valence-electron chi connectivity index (χ1n) is 14.3. The topological polar surface area (TPSA) is 105 Å². The van der Waals surface area contributed by atoms with Gasteiger partial charge in [-0.3, -0.25) is 19.3 Å². The number of hydrogen-bond donors (Lipinski definition) is 3. The summed E-state index contributed by atoms with van der Waals surface area (Å²) in [5, 5.41) is 5.81. The van der Waals surface area contributed by atoms with Crippen molar-refractivity contribution in [3.05, 3.63) is 120 Å². The Morgan fingerprint density at radius 2 is 1.51 bits per heavy atom. The fraction of sp³-hybridized carbons (Fsp3) is 0.229. The zero-order chi connectivity index (χ0) is 30.4. The van der Waals surface area contributed by atoms with Crippen LogP contribution in [0, 0.1) is 0 Å². The molecule has 220 valence electrons. The molecule has 4 aromatic carbocycles. The van der Waals surface area contributed by atoms with Crippen molar-refractivity contribution in [2.24, 2.45) is 5.73 Å². The summed E-state index contributed by atoms with van der Waals surface area (Å²) < 4.78 is 0. The van der Waals surface area contributed by atoms with E-state index in [2.05, 4.69) is 10.6 Å². The predicted octanol–water partition coefficient (Wildman–Crippen LogP) is 5.92. The van der Waals surface area contributed by atoms with Crippen molar-refractivity contribution in [3.8, 4) is 11.1 Å². The highest BCUT2D eigenvalue weighted by molar-refractivity contribution is 7.99. The van der Waals surface area contributed by atoms with Gasteiger partial charge in [-0.1, -0.05) is 84.9 Å². The van der Waals surface area contributed by atoms with E-state index in [9.17, 15) is 14.4 Å². The van der Waals surface area contributed by atoms with Crippen molar-refractivity contribution < 1.29 is 14.4 Å². The molecule has 1 aliphatic heterocycles. The van der Waals surface area contributed by atoms with Crippen LogP contribution in [0.4, 0.5) is 5.69 Å². The molecule has 1 aliphatic rings. The average Bonchev–Trinajstić information content (AvgIpc) is 3.10. The monoisotopic (exact) mass is 592 g/mol. The van der Waals surface area contributed by atoms with E-state index in [0.717, 1.165) is 21.6 Å². The molecule has 0 bridgehead atoms. The largest absolute Gasteiger partial charge is 0.344 e. The molecule has 2 atom stereocenters. The van der Waals surface area contributed by atoms with Crippen LogP contribution in [-0.4, -0.2) is 36.0 Å². The van der Waals surface area contributed by atoms with Crippen molar-refractivity contribution in [1.82, 2.24) is 10.6 Å². The Balaban J connectivity index is 1.46. The maximum Gasteiger partial charge on any atom is 0.253 e. The van der Waals surface area contributed by atoms with E-state index >= 15 is 0 Å². The molecule has 0 spiro atoms. The molecule has 0 fully saturated rings. The van der Waals surface area contributed by atoms with Gasteiger partial charge in [0.15, 0.2) is 0 Å². The van der Waals surface area contributed by atoms with Crippen LogP contribution in [0.3, 0.4) is 0 Å². The van der Waals surface area contributed by atoms with Gasteiger partial charge in [0.1, 0.15) is 6.04 Å². The first-order chi connectivity index (χ1) is 20.7. The minimum Gasteiger partial charge on any atom is -0.344 e. The first kappa shape index (κ1) is 30.1. The Morgan fingerprint density at radius 1 is 0.884 bits per heavy atom. The zero-order valence-electron chi connectivity index (χ0n) is 24.3. The maximum absolute atomic E-state index is 14.2. The summed E-state index contributed by atoms with van der Waals surface area (Å²) in [7, 11) is 0. The second kappa shape index (κ2) is 13.3. The molecule has 1 heterocycles. The van der Waals surface area contributed by atoms with E-state index < -0.39 is 11.6 Å². The fourth-order valence-corrected chi connectivity index (χ4v) is 6.53. The van der Waals surface area contributed by atoms with Gasteiger partial charge in [-0.15, -0.1) is 11.8 Å². The molecule has 0 aromatic heterocycles. The third kappa shape index (κ3) is 7.52. The molecule has 3 amide bonds. The van der Waals surface area contributed by atoms with Gasteiger partial charge in [0.05, 0.1) is 6.67 Å². The van der Waals surface area contributed by atoms with E-state index in [0.29, 0.717) is 17.7 Å². The lowest BCUT2D eigenvalue weighted by Gasteiger charge is -2.27. The van der Waals surface area contributed by atoms with Crippen LogP contribution >= 0.6 is 11.8 Å². The van der Waals surface area contributed by atoms with Gasteiger partial charge in [-0.25, -0.2) is 0 Å². The number of thioether (sulfide) groups is 1. The van der Waals surface area contributed by atoms with Crippen molar-refractivity contribution in [2.45, 2.75) is 48.4 Å². The number of rotatable bonds is 9. The van der Waals surface area contributed by atoms with Crippen LogP contribution in [0.5, 0.6) is 0 Å². The summed E-state index contributed by atoms with van der Waals surface area (Å²) in [5.74, 6) is -0.876. The number of nitrogens with two attached hydrogens (primary N) is 1. The minimum atomic E-state index is -0.808. The summed E-state index contributed by atoms with van der Waals surface area (Å²) in [6.45, 7) is 3.50. The molecule has 4 aromatic rings. The average molecular weight is 593 g/mol. The van der Waals surface area contributed by atoms with E-state index in [-0.39, 0.29) is 36.1 Å². The third-order valence-electron chi connectivity index (χ3n) is 7.22. The Labute approximate surface area is 256 Å². The Morgan fingerprint density at radius 3 is 2.23 bits per heavy atom. The SMILES string of the molecule is CC(C)(N)CC(=O)NC1CC(Sc2ccccc2)c2ccccc2N(CNC(=O)c2ccccc2-c2ccccc2)C1=O. The highest BCUT2D eigenvalue weighted by Gasteiger charge is 2.37. The molecule has 0 aliphatic carbocycles. The van der Waals surface area contributed by atoms with Gasteiger partial charge in [0, 0.05) is 33.4 Å². The van der Waals surface area contributed by atoms with Gasteiger partial charge in [-0.2, -0.15) is 0 Å². The van der Waals surface area contributed by atoms with Crippen LogP contribution in [0.25, 0.3) is 11.1 Å². The van der Waals surface area contributed by atoms with Crippen LogP contribution in [0.15, 0.2) is 114 Å². The van der Waals surface area contributed by atoms with E-state index in [1.807, 2.05) is 103 Å². The number of carbonyl (C=O) groups is 3. The van der Waals surface area contributed by atoms with Crippen LogP contribution < -0.4 is 21.3 Å². The zero-order valence-corrected chi connectivity index (χ0v) is 25.1. The summed E-state index contributed by atoms with van der Waals surface area (Å²) in [6.07, 6.45) is 0.459. The third-order valence-corrected chi connectivity index (χ3v) is 8.49. The lowest BCUT2D eigenvalue weighted by Crippen LogP contribution is -2.52.